The minimum absolute atomic E-state index is 0.129. The van der Waals surface area contributed by atoms with Crippen LogP contribution in [-0.2, 0) is 11.3 Å². The fourth-order valence-corrected chi connectivity index (χ4v) is 2.94. The molecule has 0 aromatic heterocycles. The highest BCUT2D eigenvalue weighted by Gasteiger charge is 2.33. The van der Waals surface area contributed by atoms with E-state index in [1.54, 1.807) is 6.07 Å². The van der Waals surface area contributed by atoms with Crippen LogP contribution in [0.3, 0.4) is 0 Å². The molecule has 5 heteroatoms. The number of likely N-dealkylation sites (tertiary alicyclic amines) is 1. The minimum Gasteiger partial charge on any atom is -0.369 e. The van der Waals surface area contributed by atoms with Crippen molar-refractivity contribution in [1.29, 1.82) is 0 Å². The first kappa shape index (κ1) is 13.5. The van der Waals surface area contributed by atoms with Gasteiger partial charge < -0.3 is 5.73 Å². The lowest BCUT2D eigenvalue weighted by molar-refractivity contribution is -0.122. The van der Waals surface area contributed by atoms with E-state index in [0.717, 1.165) is 11.0 Å². The number of primary amides is 1. The summed E-state index contributed by atoms with van der Waals surface area (Å²) in [5.41, 5.74) is 5.99. The molecule has 1 amide bonds. The quantitative estimate of drug-likeness (QED) is 0.929. The normalized spacial score (nSPS) is 24.4. The van der Waals surface area contributed by atoms with Crippen molar-refractivity contribution in [3.8, 4) is 0 Å². The van der Waals surface area contributed by atoms with E-state index in [-0.39, 0.29) is 23.6 Å². The van der Waals surface area contributed by atoms with Gasteiger partial charge in [-0.25, -0.2) is 4.39 Å². The molecule has 98 valence electrons. The minimum atomic E-state index is -0.266. The number of hydrogen-bond donors (Lipinski definition) is 1. The van der Waals surface area contributed by atoms with Crippen LogP contribution in [-0.4, -0.2) is 23.9 Å². The molecule has 0 saturated carbocycles. The average Bonchev–Trinajstić information content (AvgIpc) is 2.65. The van der Waals surface area contributed by atoms with Crippen LogP contribution in [0.15, 0.2) is 22.7 Å². The van der Waals surface area contributed by atoms with Crippen LogP contribution >= 0.6 is 15.9 Å². The third-order valence-electron chi connectivity index (χ3n) is 3.50. The maximum atomic E-state index is 13.7. The Morgan fingerprint density at radius 1 is 1.56 bits per heavy atom. The SMILES string of the molecule is C[C@@H]1CN(Cc2c(F)cccc2Br)C[C@H]1C(N)=O. The second-order valence-corrected chi connectivity index (χ2v) is 5.73. The number of carbonyl (C=O) groups excluding carboxylic acids is 1. The molecule has 1 aromatic carbocycles. The summed E-state index contributed by atoms with van der Waals surface area (Å²) in [6.07, 6.45) is 0. The maximum Gasteiger partial charge on any atom is 0.222 e. The number of rotatable bonds is 3. The molecule has 2 N–H and O–H groups in total. The van der Waals surface area contributed by atoms with Gasteiger partial charge in [-0.3, -0.25) is 9.69 Å². The summed E-state index contributed by atoms with van der Waals surface area (Å²) in [4.78, 5) is 13.3. The fourth-order valence-electron chi connectivity index (χ4n) is 2.47. The molecule has 1 saturated heterocycles. The smallest absolute Gasteiger partial charge is 0.222 e. The van der Waals surface area contributed by atoms with Crippen LogP contribution < -0.4 is 5.73 Å². The van der Waals surface area contributed by atoms with E-state index in [4.69, 9.17) is 5.73 Å². The zero-order valence-electron chi connectivity index (χ0n) is 10.2. The molecule has 0 radical (unpaired) electrons. The van der Waals surface area contributed by atoms with Crippen molar-refractivity contribution in [2.45, 2.75) is 13.5 Å². The molecule has 0 unspecified atom stereocenters. The first-order valence-corrected chi connectivity index (χ1v) is 6.73. The van der Waals surface area contributed by atoms with Gasteiger partial charge in [-0.05, 0) is 18.1 Å². The summed E-state index contributed by atoms with van der Waals surface area (Å²) in [5, 5.41) is 0. The van der Waals surface area contributed by atoms with Gasteiger partial charge in [0.05, 0.1) is 5.92 Å². The van der Waals surface area contributed by atoms with Crippen LogP contribution in [0.2, 0.25) is 0 Å². The number of amides is 1. The predicted octanol–water partition coefficient (Wildman–Crippen LogP) is 2.14. The number of nitrogens with zero attached hydrogens (tertiary/aromatic N) is 1. The summed E-state index contributed by atoms with van der Waals surface area (Å²) >= 11 is 3.36. The van der Waals surface area contributed by atoms with Gasteiger partial charge in [-0.2, -0.15) is 0 Å². The van der Waals surface area contributed by atoms with Crippen molar-refractivity contribution in [1.82, 2.24) is 4.90 Å². The molecule has 0 bridgehead atoms. The maximum absolute atomic E-state index is 13.7. The van der Waals surface area contributed by atoms with Gasteiger partial charge in [0.25, 0.3) is 0 Å². The number of carbonyl (C=O) groups is 1. The van der Waals surface area contributed by atoms with Gasteiger partial charge in [-0.1, -0.05) is 28.9 Å². The molecule has 2 atom stereocenters. The topological polar surface area (TPSA) is 46.3 Å². The van der Waals surface area contributed by atoms with Gasteiger partial charge >= 0.3 is 0 Å². The van der Waals surface area contributed by atoms with E-state index in [1.165, 1.54) is 6.07 Å². The van der Waals surface area contributed by atoms with Crippen LogP contribution in [0.5, 0.6) is 0 Å². The Morgan fingerprint density at radius 2 is 2.28 bits per heavy atom. The molecule has 1 heterocycles. The number of nitrogens with two attached hydrogens (primary N) is 1. The van der Waals surface area contributed by atoms with E-state index in [0.29, 0.717) is 18.7 Å². The molecule has 18 heavy (non-hydrogen) atoms. The summed E-state index contributed by atoms with van der Waals surface area (Å²) in [5.74, 6) is -0.388. The Balaban J connectivity index is 2.10. The Morgan fingerprint density at radius 3 is 2.83 bits per heavy atom. The van der Waals surface area contributed by atoms with E-state index in [1.807, 2.05) is 13.0 Å². The molecule has 2 rings (SSSR count). The van der Waals surface area contributed by atoms with Gasteiger partial charge in [0.15, 0.2) is 0 Å². The van der Waals surface area contributed by atoms with Crippen molar-refractivity contribution in [3.05, 3.63) is 34.1 Å². The fraction of sp³-hybridized carbons (Fsp3) is 0.462. The van der Waals surface area contributed by atoms with Crippen LogP contribution in [0.4, 0.5) is 4.39 Å². The summed E-state index contributed by atoms with van der Waals surface area (Å²) in [7, 11) is 0. The predicted molar refractivity (Wildman–Crippen MR) is 71.2 cm³/mol. The standard InChI is InChI=1S/C13H16BrFN2O/c1-8-5-17(6-9(8)13(16)18)7-10-11(14)3-2-4-12(10)15/h2-4,8-9H,5-7H2,1H3,(H2,16,18)/t8-,9-/m1/s1. The first-order valence-electron chi connectivity index (χ1n) is 5.93. The van der Waals surface area contributed by atoms with Gasteiger partial charge in [-0.15, -0.1) is 0 Å². The largest absolute Gasteiger partial charge is 0.369 e. The Bertz CT molecular complexity index is 446. The van der Waals surface area contributed by atoms with E-state index in [9.17, 15) is 9.18 Å². The van der Waals surface area contributed by atoms with Gasteiger partial charge in [0.1, 0.15) is 5.82 Å². The monoisotopic (exact) mass is 314 g/mol. The van der Waals surface area contributed by atoms with Crippen molar-refractivity contribution in [2.75, 3.05) is 13.1 Å². The number of hydrogen-bond acceptors (Lipinski definition) is 2. The molecule has 1 fully saturated rings. The number of benzene rings is 1. The summed E-state index contributed by atoms with van der Waals surface area (Å²) in [6.45, 7) is 3.89. The Hall–Kier alpha value is -0.940. The van der Waals surface area contributed by atoms with Crippen LogP contribution in [0, 0.1) is 17.7 Å². The third-order valence-corrected chi connectivity index (χ3v) is 4.24. The highest BCUT2D eigenvalue weighted by atomic mass is 79.9. The van der Waals surface area contributed by atoms with Crippen molar-refractivity contribution in [3.63, 3.8) is 0 Å². The van der Waals surface area contributed by atoms with Crippen molar-refractivity contribution in [2.24, 2.45) is 17.6 Å². The highest BCUT2D eigenvalue weighted by Crippen LogP contribution is 2.27. The lowest BCUT2D eigenvalue weighted by atomic mass is 9.98. The molecule has 3 nitrogen and oxygen atoms in total. The molecule has 0 aliphatic carbocycles. The highest BCUT2D eigenvalue weighted by molar-refractivity contribution is 9.10. The molecule has 1 aliphatic heterocycles. The van der Waals surface area contributed by atoms with Crippen molar-refractivity contribution >= 4 is 21.8 Å². The van der Waals surface area contributed by atoms with Crippen LogP contribution in [0.1, 0.15) is 12.5 Å². The molecule has 1 aromatic rings. The van der Waals surface area contributed by atoms with Gasteiger partial charge in [0.2, 0.25) is 5.91 Å². The molecular weight excluding hydrogens is 299 g/mol. The molecule has 0 spiro atoms. The first-order chi connectivity index (χ1) is 8.49. The molecule has 1 aliphatic rings. The zero-order chi connectivity index (χ0) is 13.3. The Labute approximate surface area is 114 Å². The lowest BCUT2D eigenvalue weighted by Crippen LogP contribution is -2.29. The summed E-state index contributed by atoms with van der Waals surface area (Å²) in [6, 6.07) is 4.94. The summed E-state index contributed by atoms with van der Waals surface area (Å²) < 4.78 is 14.5. The van der Waals surface area contributed by atoms with E-state index in [2.05, 4.69) is 20.8 Å². The zero-order valence-corrected chi connectivity index (χ0v) is 11.8. The average molecular weight is 315 g/mol. The third kappa shape index (κ3) is 2.72. The second-order valence-electron chi connectivity index (χ2n) is 4.88. The van der Waals surface area contributed by atoms with E-state index >= 15 is 0 Å². The molecular formula is C13H16BrFN2O. The van der Waals surface area contributed by atoms with Crippen molar-refractivity contribution < 1.29 is 9.18 Å². The van der Waals surface area contributed by atoms with Crippen LogP contribution in [0.25, 0.3) is 0 Å². The lowest BCUT2D eigenvalue weighted by Gasteiger charge is -2.16. The van der Waals surface area contributed by atoms with E-state index < -0.39 is 0 Å². The second kappa shape index (κ2) is 5.36. The Kier molecular flexibility index (Phi) is 4.02. The number of halogens is 2. The van der Waals surface area contributed by atoms with Gasteiger partial charge in [0, 0.05) is 29.7 Å².